The Labute approximate surface area is 86.7 Å². The summed E-state index contributed by atoms with van der Waals surface area (Å²) < 4.78 is 1.12. The molecule has 0 saturated heterocycles. The van der Waals surface area contributed by atoms with Gasteiger partial charge in [-0.3, -0.25) is 0 Å². The number of unbranched alkanes of at least 4 members (excludes halogenated alkanes) is 5. The number of nitrogens with zero attached hydrogens (tertiary/aromatic N) is 1. The van der Waals surface area contributed by atoms with E-state index in [4.69, 9.17) is 0 Å². The van der Waals surface area contributed by atoms with Crippen molar-refractivity contribution in [1.82, 2.24) is 0 Å². The summed E-state index contributed by atoms with van der Waals surface area (Å²) in [5, 5.41) is 0. The van der Waals surface area contributed by atoms with Crippen LogP contribution < -0.4 is 0 Å². The number of quaternary nitrogens is 1. The molecule has 0 saturated carbocycles. The molecule has 2 heteroatoms. The zero-order chi connectivity index (χ0) is 9.45. The van der Waals surface area contributed by atoms with Gasteiger partial charge in [0.25, 0.3) is 0 Å². The quantitative estimate of drug-likeness (QED) is 0.322. The van der Waals surface area contributed by atoms with Crippen LogP contribution in [0.3, 0.4) is 0 Å². The highest BCUT2D eigenvalue weighted by atomic mass is 15.3. The molecular weight excluding hydrogens is 157 g/mol. The van der Waals surface area contributed by atoms with E-state index in [1.165, 1.54) is 45.1 Å². The minimum atomic E-state index is 0. The van der Waals surface area contributed by atoms with Crippen molar-refractivity contribution in [2.75, 3.05) is 27.7 Å². The number of hydrogen-bond acceptors (Lipinski definition) is 0. The van der Waals surface area contributed by atoms with Gasteiger partial charge < -0.3 is 4.48 Å². The monoisotopic (exact) mass is 187 g/mol. The van der Waals surface area contributed by atoms with E-state index in [9.17, 15) is 0 Å². The molecule has 0 aliphatic carbocycles. The van der Waals surface area contributed by atoms with Crippen LogP contribution in [0, 0.1) is 0 Å². The van der Waals surface area contributed by atoms with Crippen molar-refractivity contribution >= 4 is 8.41 Å². The summed E-state index contributed by atoms with van der Waals surface area (Å²) in [6.07, 6.45) is 8.48. The second kappa shape index (κ2) is 8.62. The molecule has 0 aliphatic rings. The summed E-state index contributed by atoms with van der Waals surface area (Å²) in [5.74, 6) is 0. The molecule has 0 aromatic rings. The first-order valence-electron chi connectivity index (χ1n) is 5.36. The summed E-state index contributed by atoms with van der Waals surface area (Å²) in [4.78, 5) is 0. The second-order valence-electron chi connectivity index (χ2n) is 4.78. The average molecular weight is 187 g/mol. The maximum atomic E-state index is 2.27. The van der Waals surface area contributed by atoms with Crippen LogP contribution in [0.5, 0.6) is 0 Å². The summed E-state index contributed by atoms with van der Waals surface area (Å²) in [6.45, 7) is 3.60. The van der Waals surface area contributed by atoms with Crippen LogP contribution in [0.15, 0.2) is 0 Å². The minimum Gasteiger partial charge on any atom is -0.331 e. The Morgan fingerprint density at radius 3 is 1.69 bits per heavy atom. The third-order valence-electron chi connectivity index (χ3n) is 2.18. The lowest BCUT2D eigenvalue weighted by atomic mass is 10.1. The molecule has 0 amide bonds. The normalized spacial score (nSPS) is 11.1. The van der Waals surface area contributed by atoms with E-state index in [2.05, 4.69) is 28.1 Å². The molecule has 13 heavy (non-hydrogen) atoms. The van der Waals surface area contributed by atoms with Crippen LogP contribution in [-0.2, 0) is 0 Å². The molecule has 0 aromatic carbocycles. The molecule has 82 valence electrons. The molecule has 0 N–H and O–H groups in total. The Hall–Kier alpha value is 0.0249. The molecular formula is C11H30BN. The first-order valence-corrected chi connectivity index (χ1v) is 5.36. The van der Waals surface area contributed by atoms with Gasteiger partial charge >= 0.3 is 0 Å². The topological polar surface area (TPSA) is 0 Å². The molecule has 1 nitrogen and oxygen atoms in total. The van der Waals surface area contributed by atoms with Gasteiger partial charge in [-0.15, -0.1) is 0 Å². The van der Waals surface area contributed by atoms with E-state index in [-0.39, 0.29) is 8.41 Å². The Morgan fingerprint density at radius 1 is 0.769 bits per heavy atom. The van der Waals surface area contributed by atoms with Crippen molar-refractivity contribution in [3.63, 3.8) is 0 Å². The van der Waals surface area contributed by atoms with Crippen LogP contribution in [-0.4, -0.2) is 40.6 Å². The smallest absolute Gasteiger partial charge is 0.0780 e. The van der Waals surface area contributed by atoms with Crippen LogP contribution in [0.1, 0.15) is 45.4 Å². The first kappa shape index (κ1) is 15.5. The van der Waals surface area contributed by atoms with Crippen molar-refractivity contribution in [2.24, 2.45) is 0 Å². The SMILES string of the molecule is CCCCCCCC[N+](C)(C)C.[BH4-]. The van der Waals surface area contributed by atoms with Gasteiger partial charge in [0.15, 0.2) is 0 Å². The van der Waals surface area contributed by atoms with Gasteiger partial charge in [0.05, 0.1) is 27.7 Å². The Kier molecular flexibility index (Phi) is 10.3. The van der Waals surface area contributed by atoms with Gasteiger partial charge in [-0.1, -0.05) is 41.0 Å². The molecule has 0 atom stereocenters. The van der Waals surface area contributed by atoms with E-state index in [0.717, 1.165) is 4.48 Å². The van der Waals surface area contributed by atoms with Gasteiger partial charge in [-0.25, -0.2) is 0 Å². The predicted octanol–water partition coefficient (Wildman–Crippen LogP) is 1.60. The summed E-state index contributed by atoms with van der Waals surface area (Å²) in [5.41, 5.74) is 0. The maximum absolute atomic E-state index is 2.27. The van der Waals surface area contributed by atoms with Gasteiger partial charge in [-0.05, 0) is 12.8 Å². The lowest BCUT2D eigenvalue weighted by Crippen LogP contribution is -2.35. The van der Waals surface area contributed by atoms with E-state index in [0.29, 0.717) is 0 Å². The van der Waals surface area contributed by atoms with Crippen molar-refractivity contribution in [3.8, 4) is 0 Å². The number of rotatable bonds is 7. The molecule has 0 spiro atoms. The van der Waals surface area contributed by atoms with Crippen molar-refractivity contribution in [2.45, 2.75) is 45.4 Å². The molecule has 0 fully saturated rings. The van der Waals surface area contributed by atoms with Crippen molar-refractivity contribution < 1.29 is 4.48 Å². The molecule has 0 unspecified atom stereocenters. The van der Waals surface area contributed by atoms with Gasteiger partial charge in [0.1, 0.15) is 0 Å². The van der Waals surface area contributed by atoms with Crippen molar-refractivity contribution in [3.05, 3.63) is 0 Å². The molecule has 0 rings (SSSR count). The molecule has 0 aromatic heterocycles. The van der Waals surface area contributed by atoms with Gasteiger partial charge in [0.2, 0.25) is 0 Å². The average Bonchev–Trinajstić information content (AvgIpc) is 1.94. The van der Waals surface area contributed by atoms with Gasteiger partial charge in [-0.2, -0.15) is 0 Å². The summed E-state index contributed by atoms with van der Waals surface area (Å²) in [6, 6.07) is 0. The van der Waals surface area contributed by atoms with E-state index >= 15 is 0 Å². The van der Waals surface area contributed by atoms with E-state index < -0.39 is 0 Å². The maximum Gasteiger partial charge on any atom is 0.0780 e. The highest BCUT2D eigenvalue weighted by Crippen LogP contribution is 2.06. The van der Waals surface area contributed by atoms with E-state index in [1.807, 2.05) is 0 Å². The van der Waals surface area contributed by atoms with Crippen LogP contribution in [0.2, 0.25) is 0 Å². The van der Waals surface area contributed by atoms with Crippen molar-refractivity contribution in [1.29, 1.82) is 0 Å². The fourth-order valence-corrected chi connectivity index (χ4v) is 1.37. The lowest BCUT2D eigenvalue weighted by molar-refractivity contribution is -0.870. The summed E-state index contributed by atoms with van der Waals surface area (Å²) >= 11 is 0. The van der Waals surface area contributed by atoms with Crippen LogP contribution >= 0.6 is 0 Å². The fourth-order valence-electron chi connectivity index (χ4n) is 1.37. The minimum absolute atomic E-state index is 0. The molecule has 0 aliphatic heterocycles. The highest BCUT2D eigenvalue weighted by molar-refractivity contribution is 5.75. The Bertz CT molecular complexity index is 96.8. The zero-order valence-electron chi connectivity index (χ0n) is 9.40. The predicted molar refractivity (Wildman–Crippen MR) is 67.6 cm³/mol. The highest BCUT2D eigenvalue weighted by Gasteiger charge is 2.04. The number of hydrogen-bond donors (Lipinski definition) is 0. The standard InChI is InChI=1S/C11H26N.BH4/c1-5-6-7-8-9-10-11-12(2,3)4;/h5-11H2,1-4H3;1H4/q+1;-1. The van der Waals surface area contributed by atoms with Crippen LogP contribution in [0.25, 0.3) is 0 Å². The molecule has 0 radical (unpaired) electrons. The second-order valence-corrected chi connectivity index (χ2v) is 4.78. The first-order chi connectivity index (χ1) is 5.56. The summed E-state index contributed by atoms with van der Waals surface area (Å²) in [7, 11) is 6.81. The van der Waals surface area contributed by atoms with E-state index in [1.54, 1.807) is 0 Å². The fraction of sp³-hybridized carbons (Fsp3) is 1.00. The third-order valence-corrected chi connectivity index (χ3v) is 2.18. The Morgan fingerprint density at radius 2 is 1.23 bits per heavy atom. The zero-order valence-corrected chi connectivity index (χ0v) is 9.40. The molecule has 0 bridgehead atoms. The largest absolute Gasteiger partial charge is 0.331 e. The third kappa shape index (κ3) is 14.8. The van der Waals surface area contributed by atoms with Crippen LogP contribution in [0.4, 0.5) is 0 Å². The Balaban J connectivity index is 0. The molecule has 0 heterocycles. The van der Waals surface area contributed by atoms with Gasteiger partial charge in [0, 0.05) is 0 Å². The lowest BCUT2D eigenvalue weighted by Gasteiger charge is -2.23.